The van der Waals surface area contributed by atoms with E-state index in [2.05, 4.69) is 9.88 Å². The molecule has 2 heterocycles. The first-order valence-corrected chi connectivity index (χ1v) is 11.0. The van der Waals surface area contributed by atoms with Crippen LogP contribution in [0, 0.1) is 29.5 Å². The first-order valence-electron chi connectivity index (χ1n) is 11.0. The molecule has 1 aromatic carbocycles. The molecule has 0 radical (unpaired) electrons. The van der Waals surface area contributed by atoms with Gasteiger partial charge in [-0.25, -0.2) is 9.37 Å². The van der Waals surface area contributed by atoms with Crippen molar-refractivity contribution >= 4 is 5.91 Å². The lowest BCUT2D eigenvalue weighted by Gasteiger charge is -2.25. The Morgan fingerprint density at radius 1 is 1.22 bits per heavy atom. The maximum absolute atomic E-state index is 13.7. The zero-order chi connectivity index (χ0) is 22.6. The molecule has 32 heavy (non-hydrogen) atoms. The second kappa shape index (κ2) is 7.86. The number of carbonyl (C=O) groups excluding carboxylic acids is 1. The monoisotopic (exact) mass is 450 g/mol. The van der Waals surface area contributed by atoms with Crippen LogP contribution in [0.4, 0.5) is 17.6 Å². The quantitative estimate of drug-likeness (QED) is 0.603. The molecule has 2 saturated carbocycles. The summed E-state index contributed by atoms with van der Waals surface area (Å²) in [4.78, 5) is 21.4. The Kier molecular flexibility index (Phi) is 5.27. The Labute approximate surface area is 184 Å². The summed E-state index contributed by atoms with van der Waals surface area (Å²) in [6.45, 7) is 3.69. The lowest BCUT2D eigenvalue weighted by Crippen LogP contribution is -2.35. The highest BCUT2D eigenvalue weighted by atomic mass is 19.4. The van der Waals surface area contributed by atoms with Crippen LogP contribution in [0.15, 0.2) is 30.7 Å². The molecule has 0 N–H and O–H groups in total. The minimum absolute atomic E-state index is 0.0134. The predicted molar refractivity (Wildman–Crippen MR) is 109 cm³/mol. The molecule has 0 spiro atoms. The van der Waals surface area contributed by atoms with Gasteiger partial charge in [0.2, 0.25) is 0 Å². The number of nitrogens with zero attached hydrogens (tertiary/aromatic N) is 4. The van der Waals surface area contributed by atoms with Gasteiger partial charge in [-0.15, -0.1) is 0 Å². The molecule has 1 aromatic heterocycles. The topological polar surface area (TPSA) is 41.4 Å². The molecule has 3 aliphatic rings. The maximum Gasteiger partial charge on any atom is 0.419 e. The predicted octanol–water partition coefficient (Wildman–Crippen LogP) is 3.81. The molecular weight excluding hydrogens is 424 g/mol. The fraction of sp³-hybridized carbons (Fsp3) is 0.565. The van der Waals surface area contributed by atoms with Gasteiger partial charge in [-0.1, -0.05) is 6.07 Å². The summed E-state index contributed by atoms with van der Waals surface area (Å²) in [6, 6.07) is 2.94. The third-order valence-corrected chi connectivity index (χ3v) is 7.01. The number of rotatable bonds is 7. The molecule has 2 unspecified atom stereocenters. The molecule has 1 saturated heterocycles. The molecule has 2 aromatic rings. The summed E-state index contributed by atoms with van der Waals surface area (Å²) < 4.78 is 54.9. The fourth-order valence-electron chi connectivity index (χ4n) is 5.09. The van der Waals surface area contributed by atoms with Crippen LogP contribution in [0.5, 0.6) is 0 Å². The molecule has 172 valence electrons. The van der Waals surface area contributed by atoms with Crippen LogP contribution in [0.1, 0.15) is 34.5 Å². The number of amides is 1. The first-order chi connectivity index (χ1) is 15.2. The summed E-state index contributed by atoms with van der Waals surface area (Å²) in [6.07, 6.45) is 0.978. The van der Waals surface area contributed by atoms with Gasteiger partial charge >= 0.3 is 6.18 Å². The standard InChI is InChI=1S/C23H26F4N4O/c1-29-12-21(28-13-29)22(32)31(8-15-4-5-20(24)19(6-15)23(25,26)27)11-18-16-9-30(10-17(16)18)7-14-2-3-14/h4-6,12-14,16-18H,2-3,7-11H2,1H3. The molecule has 1 aliphatic heterocycles. The van der Waals surface area contributed by atoms with Gasteiger partial charge in [0.15, 0.2) is 0 Å². The van der Waals surface area contributed by atoms with Crippen LogP contribution < -0.4 is 0 Å². The number of benzene rings is 1. The summed E-state index contributed by atoms with van der Waals surface area (Å²) in [5.74, 6) is 0.633. The number of hydrogen-bond acceptors (Lipinski definition) is 3. The van der Waals surface area contributed by atoms with E-state index in [0.717, 1.165) is 37.7 Å². The van der Waals surface area contributed by atoms with Crippen molar-refractivity contribution in [3.8, 4) is 0 Å². The second-order valence-electron chi connectivity index (χ2n) is 9.58. The van der Waals surface area contributed by atoms with Gasteiger partial charge < -0.3 is 14.4 Å². The number of halogens is 4. The third kappa shape index (κ3) is 4.40. The van der Waals surface area contributed by atoms with Gasteiger partial charge in [0.05, 0.1) is 11.9 Å². The van der Waals surface area contributed by atoms with Crippen LogP contribution in [-0.4, -0.2) is 51.4 Å². The molecule has 5 rings (SSSR count). The van der Waals surface area contributed by atoms with E-state index in [9.17, 15) is 22.4 Å². The van der Waals surface area contributed by atoms with Crippen molar-refractivity contribution in [2.24, 2.45) is 30.7 Å². The van der Waals surface area contributed by atoms with E-state index in [-0.39, 0.29) is 23.7 Å². The Morgan fingerprint density at radius 3 is 2.53 bits per heavy atom. The third-order valence-electron chi connectivity index (χ3n) is 7.01. The highest BCUT2D eigenvalue weighted by Crippen LogP contribution is 2.52. The number of aryl methyl sites for hydroxylation is 1. The van der Waals surface area contributed by atoms with Crippen molar-refractivity contribution < 1.29 is 22.4 Å². The normalized spacial score (nSPS) is 25.1. The number of hydrogen-bond donors (Lipinski definition) is 0. The maximum atomic E-state index is 13.7. The Bertz CT molecular complexity index is 1000. The summed E-state index contributed by atoms with van der Waals surface area (Å²) in [7, 11) is 1.75. The van der Waals surface area contributed by atoms with Gasteiger partial charge in [-0.3, -0.25) is 4.79 Å². The summed E-state index contributed by atoms with van der Waals surface area (Å²) in [5, 5.41) is 0. The molecule has 0 bridgehead atoms. The minimum atomic E-state index is -4.78. The highest BCUT2D eigenvalue weighted by Gasteiger charge is 2.56. The Morgan fingerprint density at radius 2 is 1.94 bits per heavy atom. The minimum Gasteiger partial charge on any atom is -0.340 e. The zero-order valence-corrected chi connectivity index (χ0v) is 17.9. The van der Waals surface area contributed by atoms with Crippen LogP contribution in [0.3, 0.4) is 0 Å². The van der Waals surface area contributed by atoms with Crippen molar-refractivity contribution in [1.29, 1.82) is 0 Å². The number of alkyl halides is 3. The van der Waals surface area contributed by atoms with E-state index in [1.807, 2.05) is 0 Å². The van der Waals surface area contributed by atoms with Crippen molar-refractivity contribution in [3.63, 3.8) is 0 Å². The summed E-state index contributed by atoms with van der Waals surface area (Å²) in [5.41, 5.74) is -0.796. The van der Waals surface area contributed by atoms with Crippen LogP contribution >= 0.6 is 0 Å². The first kappa shape index (κ1) is 21.4. The average Bonchev–Trinajstić information content (AvgIpc) is 3.54. The molecule has 3 fully saturated rings. The van der Waals surface area contributed by atoms with E-state index >= 15 is 0 Å². The Balaban J connectivity index is 1.31. The lowest BCUT2D eigenvalue weighted by molar-refractivity contribution is -0.140. The zero-order valence-electron chi connectivity index (χ0n) is 17.9. The molecule has 5 nitrogen and oxygen atoms in total. The number of aromatic nitrogens is 2. The molecular formula is C23H26F4N4O. The van der Waals surface area contributed by atoms with Crippen molar-refractivity contribution in [3.05, 3.63) is 53.4 Å². The number of likely N-dealkylation sites (tertiary alicyclic amines) is 1. The van der Waals surface area contributed by atoms with E-state index in [0.29, 0.717) is 24.3 Å². The van der Waals surface area contributed by atoms with Gasteiger partial charge in [0.1, 0.15) is 11.5 Å². The van der Waals surface area contributed by atoms with Crippen molar-refractivity contribution in [2.75, 3.05) is 26.2 Å². The Hall–Kier alpha value is -2.42. The van der Waals surface area contributed by atoms with E-state index in [1.165, 1.54) is 25.2 Å². The largest absolute Gasteiger partial charge is 0.419 e. The fourth-order valence-corrected chi connectivity index (χ4v) is 5.09. The average molecular weight is 450 g/mol. The van der Waals surface area contributed by atoms with E-state index < -0.39 is 17.6 Å². The number of fused-ring (bicyclic) bond motifs is 1. The second-order valence-corrected chi connectivity index (χ2v) is 9.58. The molecule has 2 atom stereocenters. The van der Waals surface area contributed by atoms with Gasteiger partial charge in [-0.2, -0.15) is 13.2 Å². The lowest BCUT2D eigenvalue weighted by atomic mass is 10.1. The van der Waals surface area contributed by atoms with E-state index in [1.54, 1.807) is 22.7 Å². The van der Waals surface area contributed by atoms with Gasteiger partial charge in [0.25, 0.3) is 5.91 Å². The molecule has 2 aliphatic carbocycles. The number of imidazole rings is 1. The van der Waals surface area contributed by atoms with Crippen LogP contribution in [-0.2, 0) is 19.8 Å². The SMILES string of the molecule is Cn1cnc(C(=O)N(Cc2ccc(F)c(C(F)(F)F)c2)CC2C3CN(CC4CC4)CC32)c1. The summed E-state index contributed by atoms with van der Waals surface area (Å²) >= 11 is 0. The van der Waals surface area contributed by atoms with Crippen molar-refractivity contribution in [1.82, 2.24) is 19.4 Å². The molecule has 9 heteroatoms. The number of carbonyl (C=O) groups is 1. The number of piperidine rings is 1. The van der Waals surface area contributed by atoms with Crippen molar-refractivity contribution in [2.45, 2.75) is 25.6 Å². The molecule has 1 amide bonds. The van der Waals surface area contributed by atoms with E-state index in [4.69, 9.17) is 0 Å². The van der Waals surface area contributed by atoms with Crippen LogP contribution in [0.25, 0.3) is 0 Å². The highest BCUT2D eigenvalue weighted by molar-refractivity contribution is 5.92. The van der Waals surface area contributed by atoms with Crippen LogP contribution in [0.2, 0.25) is 0 Å². The van der Waals surface area contributed by atoms with Gasteiger partial charge in [-0.05, 0) is 54.2 Å². The van der Waals surface area contributed by atoms with Gasteiger partial charge in [0, 0.05) is 46.0 Å². The smallest absolute Gasteiger partial charge is 0.340 e.